The SMILES string of the molecule is O=[C]C(Cc1csnn1)C(=O)CCc1cccs1. The number of hydrogen-bond acceptors (Lipinski definition) is 6. The van der Waals surface area contributed by atoms with Gasteiger partial charge in [0.05, 0.1) is 11.6 Å². The van der Waals surface area contributed by atoms with Crippen molar-refractivity contribution in [1.29, 1.82) is 0 Å². The van der Waals surface area contributed by atoms with Crippen LogP contribution in [0.4, 0.5) is 0 Å². The summed E-state index contributed by atoms with van der Waals surface area (Å²) in [5, 5.41) is 7.56. The maximum absolute atomic E-state index is 11.9. The quantitative estimate of drug-likeness (QED) is 0.728. The molecule has 0 bridgehead atoms. The molecule has 18 heavy (non-hydrogen) atoms. The van der Waals surface area contributed by atoms with E-state index in [0.29, 0.717) is 25.0 Å². The van der Waals surface area contributed by atoms with E-state index in [1.807, 2.05) is 23.8 Å². The molecule has 1 unspecified atom stereocenters. The lowest BCUT2D eigenvalue weighted by atomic mass is 9.97. The van der Waals surface area contributed by atoms with Crippen molar-refractivity contribution < 1.29 is 9.59 Å². The van der Waals surface area contributed by atoms with Gasteiger partial charge in [0.2, 0.25) is 6.29 Å². The molecule has 0 amide bonds. The van der Waals surface area contributed by atoms with Crippen LogP contribution < -0.4 is 0 Å². The van der Waals surface area contributed by atoms with E-state index in [4.69, 9.17) is 0 Å². The monoisotopic (exact) mass is 279 g/mol. The van der Waals surface area contributed by atoms with E-state index in [-0.39, 0.29) is 5.78 Å². The predicted octanol–water partition coefficient (Wildman–Crippen LogP) is 2.07. The molecular formula is C12H11N2O2S2. The van der Waals surface area contributed by atoms with Crippen molar-refractivity contribution >= 4 is 34.9 Å². The molecule has 1 atom stereocenters. The normalized spacial score (nSPS) is 12.2. The van der Waals surface area contributed by atoms with E-state index in [0.717, 1.165) is 4.88 Å². The summed E-state index contributed by atoms with van der Waals surface area (Å²) in [6, 6.07) is 3.94. The molecule has 0 aliphatic rings. The minimum absolute atomic E-state index is 0.0774. The van der Waals surface area contributed by atoms with E-state index in [1.165, 1.54) is 11.5 Å². The zero-order valence-corrected chi connectivity index (χ0v) is 11.2. The number of aryl methyl sites for hydroxylation is 1. The Balaban J connectivity index is 1.87. The third kappa shape index (κ3) is 3.54. The second-order valence-corrected chi connectivity index (χ2v) is 5.46. The van der Waals surface area contributed by atoms with Crippen LogP contribution in [0.5, 0.6) is 0 Å². The maximum Gasteiger partial charge on any atom is 0.209 e. The van der Waals surface area contributed by atoms with Gasteiger partial charge in [0.1, 0.15) is 5.78 Å². The van der Waals surface area contributed by atoms with Gasteiger partial charge < -0.3 is 0 Å². The molecule has 0 aliphatic carbocycles. The predicted molar refractivity (Wildman–Crippen MR) is 70.4 cm³/mol. The van der Waals surface area contributed by atoms with Crippen molar-refractivity contribution in [2.24, 2.45) is 5.92 Å². The highest BCUT2D eigenvalue weighted by Gasteiger charge is 2.20. The first kappa shape index (κ1) is 13.0. The average Bonchev–Trinajstić information content (AvgIpc) is 3.06. The van der Waals surface area contributed by atoms with E-state index < -0.39 is 5.92 Å². The van der Waals surface area contributed by atoms with Crippen molar-refractivity contribution in [2.45, 2.75) is 19.3 Å². The Kier molecular flexibility index (Phi) is 4.72. The number of ketones is 1. The van der Waals surface area contributed by atoms with Gasteiger partial charge in [-0.15, -0.1) is 16.4 Å². The van der Waals surface area contributed by atoms with Gasteiger partial charge in [-0.3, -0.25) is 9.59 Å². The highest BCUT2D eigenvalue weighted by atomic mass is 32.1. The molecule has 2 aromatic heterocycles. The van der Waals surface area contributed by atoms with Gasteiger partial charge in [0.15, 0.2) is 0 Å². The summed E-state index contributed by atoms with van der Waals surface area (Å²) in [5.74, 6) is -0.791. The Labute approximate surface area is 113 Å². The van der Waals surface area contributed by atoms with Crippen LogP contribution in [-0.4, -0.2) is 21.7 Å². The third-order valence-corrected chi connectivity index (χ3v) is 4.04. The molecule has 4 nitrogen and oxygen atoms in total. The van der Waals surface area contributed by atoms with Gasteiger partial charge >= 0.3 is 0 Å². The number of thiophene rings is 1. The molecule has 0 aromatic carbocycles. The fourth-order valence-electron chi connectivity index (χ4n) is 1.58. The molecule has 0 saturated heterocycles. The Morgan fingerprint density at radius 1 is 1.50 bits per heavy atom. The molecule has 0 saturated carbocycles. The lowest BCUT2D eigenvalue weighted by Crippen LogP contribution is -2.19. The van der Waals surface area contributed by atoms with Gasteiger partial charge in [0, 0.05) is 23.1 Å². The topological polar surface area (TPSA) is 59.9 Å². The van der Waals surface area contributed by atoms with Crippen LogP contribution in [0.25, 0.3) is 0 Å². The molecule has 93 valence electrons. The fraction of sp³-hybridized carbons (Fsp3) is 0.333. The van der Waals surface area contributed by atoms with Crippen molar-refractivity contribution in [3.63, 3.8) is 0 Å². The highest BCUT2D eigenvalue weighted by molar-refractivity contribution is 7.09. The van der Waals surface area contributed by atoms with Gasteiger partial charge in [-0.05, 0) is 29.4 Å². The van der Waals surface area contributed by atoms with Crippen LogP contribution in [0.15, 0.2) is 22.9 Å². The first-order valence-electron chi connectivity index (χ1n) is 5.48. The number of carbonyl (C=O) groups is 1. The summed E-state index contributed by atoms with van der Waals surface area (Å²) in [4.78, 5) is 23.9. The molecule has 2 heterocycles. The van der Waals surface area contributed by atoms with Gasteiger partial charge in [0.25, 0.3) is 0 Å². The Bertz CT molecular complexity index is 494. The third-order valence-electron chi connectivity index (χ3n) is 2.55. The number of Topliss-reactive ketones (excluding diaryl/α,β-unsaturated/α-hetero) is 1. The molecule has 2 rings (SSSR count). The summed E-state index contributed by atoms with van der Waals surface area (Å²) in [7, 11) is 0. The van der Waals surface area contributed by atoms with Crippen LogP contribution in [0.2, 0.25) is 0 Å². The van der Waals surface area contributed by atoms with Gasteiger partial charge in [-0.25, -0.2) is 0 Å². The molecule has 0 N–H and O–H groups in total. The van der Waals surface area contributed by atoms with E-state index in [1.54, 1.807) is 16.7 Å². The van der Waals surface area contributed by atoms with E-state index in [9.17, 15) is 9.59 Å². The summed E-state index contributed by atoms with van der Waals surface area (Å²) >= 11 is 2.83. The summed E-state index contributed by atoms with van der Waals surface area (Å²) < 4.78 is 3.71. The van der Waals surface area contributed by atoms with Crippen LogP contribution in [0.1, 0.15) is 17.0 Å². The minimum atomic E-state index is -0.714. The van der Waals surface area contributed by atoms with Crippen LogP contribution in [0.3, 0.4) is 0 Å². The molecule has 0 aliphatic heterocycles. The largest absolute Gasteiger partial charge is 0.299 e. The van der Waals surface area contributed by atoms with Crippen molar-refractivity contribution in [3.8, 4) is 0 Å². The lowest BCUT2D eigenvalue weighted by Gasteiger charge is -2.05. The smallest absolute Gasteiger partial charge is 0.209 e. The van der Waals surface area contributed by atoms with E-state index in [2.05, 4.69) is 9.59 Å². The molecule has 2 aromatic rings. The second-order valence-electron chi connectivity index (χ2n) is 3.82. The van der Waals surface area contributed by atoms with Crippen LogP contribution in [0, 0.1) is 5.92 Å². The number of aromatic nitrogens is 2. The summed E-state index contributed by atoms with van der Waals surface area (Å²) in [5.41, 5.74) is 0.679. The number of nitrogens with zero attached hydrogens (tertiary/aromatic N) is 2. The molecule has 0 spiro atoms. The Morgan fingerprint density at radius 2 is 2.39 bits per heavy atom. The molecule has 1 radical (unpaired) electrons. The van der Waals surface area contributed by atoms with E-state index >= 15 is 0 Å². The number of hydrogen-bond donors (Lipinski definition) is 0. The van der Waals surface area contributed by atoms with Crippen LogP contribution >= 0.6 is 22.9 Å². The molecule has 0 fully saturated rings. The Morgan fingerprint density at radius 3 is 3.00 bits per heavy atom. The first-order valence-corrected chi connectivity index (χ1v) is 7.20. The van der Waals surface area contributed by atoms with Crippen molar-refractivity contribution in [2.75, 3.05) is 0 Å². The van der Waals surface area contributed by atoms with Crippen LogP contribution in [-0.2, 0) is 22.4 Å². The average molecular weight is 279 g/mol. The molecule has 6 heteroatoms. The van der Waals surface area contributed by atoms with Crippen molar-refractivity contribution in [3.05, 3.63) is 33.5 Å². The number of rotatable bonds is 7. The highest BCUT2D eigenvalue weighted by Crippen LogP contribution is 2.14. The second kappa shape index (κ2) is 6.51. The number of carbonyl (C=O) groups excluding carboxylic acids is 2. The zero-order valence-electron chi connectivity index (χ0n) is 9.54. The lowest BCUT2D eigenvalue weighted by molar-refractivity contribution is -0.120. The molecular weight excluding hydrogens is 268 g/mol. The standard InChI is InChI=1S/C12H11N2O2S2/c15-7-9(6-10-8-18-14-13-10)12(16)4-3-11-2-1-5-17-11/h1-2,5,8-9H,3-4,6H2. The zero-order chi connectivity index (χ0) is 12.8. The summed E-state index contributed by atoms with van der Waals surface area (Å²) in [6.45, 7) is 0. The minimum Gasteiger partial charge on any atom is -0.299 e. The van der Waals surface area contributed by atoms with Gasteiger partial charge in [-0.2, -0.15) is 0 Å². The van der Waals surface area contributed by atoms with Gasteiger partial charge in [-0.1, -0.05) is 10.6 Å². The maximum atomic E-state index is 11.9. The first-order chi connectivity index (χ1) is 8.79. The van der Waals surface area contributed by atoms with Crippen molar-refractivity contribution in [1.82, 2.24) is 9.59 Å². The summed E-state index contributed by atoms with van der Waals surface area (Å²) in [6.07, 6.45) is 3.18. The Hall–Kier alpha value is -1.40. The fourth-order valence-corrected chi connectivity index (χ4v) is 2.75.